The van der Waals surface area contributed by atoms with E-state index in [-0.39, 0.29) is 6.10 Å². The smallest absolute Gasteiger partial charge is 0.119 e. The average molecular weight is 256 g/mol. The van der Waals surface area contributed by atoms with Crippen LogP contribution in [0, 0.1) is 0 Å². The molecule has 0 aliphatic heterocycles. The molecule has 1 heteroatoms. The molecule has 0 unspecified atom stereocenters. The maximum Gasteiger partial charge on any atom is 0.119 e. The number of benzene rings is 2. The van der Waals surface area contributed by atoms with Crippen LogP contribution in [0.25, 0.3) is 0 Å². The van der Waals surface area contributed by atoms with Crippen LogP contribution in [-0.4, -0.2) is 6.10 Å². The zero-order valence-corrected chi connectivity index (χ0v) is 12.3. The normalized spacial score (nSPS) is 10.0. The lowest BCUT2D eigenvalue weighted by molar-refractivity contribution is 0.242. The summed E-state index contributed by atoms with van der Waals surface area (Å²) in [7, 11) is 0. The second kappa shape index (κ2) is 8.36. The van der Waals surface area contributed by atoms with Crippen molar-refractivity contribution in [3.63, 3.8) is 0 Å². The summed E-state index contributed by atoms with van der Waals surface area (Å²) in [5, 5.41) is 0. The minimum Gasteiger partial charge on any atom is -0.491 e. The number of rotatable bonds is 3. The number of hydrogen-bond donors (Lipinski definition) is 0. The number of hydrogen-bond acceptors (Lipinski definition) is 1. The Morgan fingerprint density at radius 2 is 1.16 bits per heavy atom. The summed E-state index contributed by atoms with van der Waals surface area (Å²) in [4.78, 5) is 0. The van der Waals surface area contributed by atoms with E-state index in [4.69, 9.17) is 4.74 Å². The molecule has 102 valence electrons. The summed E-state index contributed by atoms with van der Waals surface area (Å²) in [6.45, 7) is 8.45. The van der Waals surface area contributed by atoms with Gasteiger partial charge >= 0.3 is 0 Å². The maximum absolute atomic E-state index is 5.41. The van der Waals surface area contributed by atoms with Gasteiger partial charge in [0.05, 0.1) is 6.10 Å². The van der Waals surface area contributed by atoms with Crippen LogP contribution in [0.5, 0.6) is 5.75 Å². The van der Waals surface area contributed by atoms with E-state index in [2.05, 4.69) is 38.1 Å². The van der Waals surface area contributed by atoms with Gasteiger partial charge in [-0.1, -0.05) is 62.4 Å². The fourth-order valence-corrected chi connectivity index (χ4v) is 1.61. The fourth-order valence-electron chi connectivity index (χ4n) is 1.61. The summed E-state index contributed by atoms with van der Waals surface area (Å²) in [5.74, 6) is 1.60. The summed E-state index contributed by atoms with van der Waals surface area (Å²) >= 11 is 0. The maximum atomic E-state index is 5.41. The van der Waals surface area contributed by atoms with E-state index >= 15 is 0 Å². The standard InChI is InChI=1S/C9H12O.C9H12/c1-8(2)10-9-6-4-3-5-7-9;1-8(2)9-6-4-3-5-7-9/h3-8H,1-2H3;3-8H,1-2H3. The predicted octanol–water partition coefficient (Wildman–Crippen LogP) is 5.28. The van der Waals surface area contributed by atoms with Gasteiger partial charge in [-0.25, -0.2) is 0 Å². The molecule has 0 N–H and O–H groups in total. The summed E-state index contributed by atoms with van der Waals surface area (Å²) in [5.41, 5.74) is 1.41. The van der Waals surface area contributed by atoms with Crippen LogP contribution in [0.15, 0.2) is 60.7 Å². The topological polar surface area (TPSA) is 9.23 Å². The van der Waals surface area contributed by atoms with E-state index in [1.807, 2.05) is 50.2 Å². The van der Waals surface area contributed by atoms with Crippen molar-refractivity contribution in [2.75, 3.05) is 0 Å². The summed E-state index contributed by atoms with van der Waals surface area (Å²) in [6.07, 6.45) is 0.266. The largest absolute Gasteiger partial charge is 0.491 e. The molecule has 0 saturated heterocycles. The lowest BCUT2D eigenvalue weighted by Gasteiger charge is -2.07. The molecule has 0 heterocycles. The highest BCUT2D eigenvalue weighted by Gasteiger charge is 1.93. The third kappa shape index (κ3) is 6.66. The quantitative estimate of drug-likeness (QED) is 0.725. The highest BCUT2D eigenvalue weighted by molar-refractivity contribution is 5.21. The Kier molecular flexibility index (Phi) is 6.73. The molecule has 0 amide bonds. The van der Waals surface area contributed by atoms with Crippen molar-refractivity contribution in [2.45, 2.75) is 39.7 Å². The van der Waals surface area contributed by atoms with Gasteiger partial charge in [0.1, 0.15) is 5.75 Å². The van der Waals surface area contributed by atoms with E-state index < -0.39 is 0 Å². The van der Waals surface area contributed by atoms with E-state index in [9.17, 15) is 0 Å². The summed E-state index contributed by atoms with van der Waals surface area (Å²) < 4.78 is 5.41. The molecule has 2 aromatic rings. The number of para-hydroxylation sites is 1. The molecule has 0 bridgehead atoms. The minimum absolute atomic E-state index is 0.266. The molecule has 19 heavy (non-hydrogen) atoms. The van der Waals surface area contributed by atoms with Gasteiger partial charge in [0.25, 0.3) is 0 Å². The van der Waals surface area contributed by atoms with Gasteiger partial charge in [-0.2, -0.15) is 0 Å². The molecule has 0 radical (unpaired) electrons. The molecule has 2 rings (SSSR count). The molecule has 1 nitrogen and oxygen atoms in total. The van der Waals surface area contributed by atoms with Crippen molar-refractivity contribution >= 4 is 0 Å². The zero-order valence-electron chi connectivity index (χ0n) is 12.3. The zero-order chi connectivity index (χ0) is 14.1. The third-order valence-corrected chi connectivity index (χ3v) is 2.58. The molecule has 0 atom stereocenters. The van der Waals surface area contributed by atoms with E-state index in [1.165, 1.54) is 5.56 Å². The first-order valence-corrected chi connectivity index (χ1v) is 6.86. The highest BCUT2D eigenvalue weighted by Crippen LogP contribution is 2.11. The molecule has 0 fully saturated rings. The molecular weight excluding hydrogens is 232 g/mol. The van der Waals surface area contributed by atoms with Crippen molar-refractivity contribution < 1.29 is 4.74 Å². The lowest BCUT2D eigenvalue weighted by atomic mass is 10.0. The Morgan fingerprint density at radius 3 is 1.53 bits per heavy atom. The van der Waals surface area contributed by atoms with Crippen LogP contribution < -0.4 is 4.74 Å². The van der Waals surface area contributed by atoms with Crippen molar-refractivity contribution in [1.82, 2.24) is 0 Å². The van der Waals surface area contributed by atoms with Gasteiger partial charge in [-0.15, -0.1) is 0 Å². The first-order chi connectivity index (χ1) is 9.09. The van der Waals surface area contributed by atoms with Crippen molar-refractivity contribution in [1.29, 1.82) is 0 Å². The second-order valence-electron chi connectivity index (χ2n) is 5.05. The van der Waals surface area contributed by atoms with Crippen LogP contribution >= 0.6 is 0 Å². The van der Waals surface area contributed by atoms with Crippen LogP contribution in [0.4, 0.5) is 0 Å². The van der Waals surface area contributed by atoms with E-state index in [0.717, 1.165) is 5.75 Å². The van der Waals surface area contributed by atoms with Crippen molar-refractivity contribution in [3.8, 4) is 5.75 Å². The van der Waals surface area contributed by atoms with Gasteiger partial charge in [-0.3, -0.25) is 0 Å². The Bertz CT molecular complexity index is 432. The van der Waals surface area contributed by atoms with Crippen molar-refractivity contribution in [3.05, 3.63) is 66.2 Å². The summed E-state index contributed by atoms with van der Waals surface area (Å²) in [6, 6.07) is 20.4. The Hall–Kier alpha value is -1.76. The van der Waals surface area contributed by atoms with Gasteiger partial charge in [0.15, 0.2) is 0 Å². The third-order valence-electron chi connectivity index (χ3n) is 2.58. The Labute approximate surface area is 117 Å². The second-order valence-corrected chi connectivity index (χ2v) is 5.05. The molecule has 0 aliphatic carbocycles. The van der Waals surface area contributed by atoms with Crippen LogP contribution in [0.1, 0.15) is 39.2 Å². The monoisotopic (exact) mass is 256 g/mol. The molecule has 0 saturated carbocycles. The first kappa shape index (κ1) is 15.3. The molecule has 2 aromatic carbocycles. The van der Waals surface area contributed by atoms with Crippen molar-refractivity contribution in [2.24, 2.45) is 0 Å². The fraction of sp³-hybridized carbons (Fsp3) is 0.333. The molecule has 0 aromatic heterocycles. The van der Waals surface area contributed by atoms with Crippen LogP contribution in [0.2, 0.25) is 0 Å². The molecule has 0 aliphatic rings. The van der Waals surface area contributed by atoms with Gasteiger partial charge in [-0.05, 0) is 37.5 Å². The predicted molar refractivity (Wildman–Crippen MR) is 82.7 cm³/mol. The Morgan fingerprint density at radius 1 is 0.684 bits per heavy atom. The van der Waals surface area contributed by atoms with Crippen LogP contribution in [0.3, 0.4) is 0 Å². The minimum atomic E-state index is 0.266. The van der Waals surface area contributed by atoms with E-state index in [1.54, 1.807) is 0 Å². The molecule has 0 spiro atoms. The lowest BCUT2D eigenvalue weighted by Crippen LogP contribution is -2.04. The molecular formula is C18H24O. The van der Waals surface area contributed by atoms with Gasteiger partial charge in [0.2, 0.25) is 0 Å². The average Bonchev–Trinajstić information content (AvgIpc) is 2.41. The van der Waals surface area contributed by atoms with E-state index in [0.29, 0.717) is 5.92 Å². The SMILES string of the molecule is CC(C)Oc1ccccc1.CC(C)c1ccccc1. The highest BCUT2D eigenvalue weighted by atomic mass is 16.5. The van der Waals surface area contributed by atoms with Gasteiger partial charge in [0, 0.05) is 0 Å². The van der Waals surface area contributed by atoms with Crippen LogP contribution in [-0.2, 0) is 0 Å². The first-order valence-electron chi connectivity index (χ1n) is 6.86. The Balaban J connectivity index is 0.000000191. The number of ether oxygens (including phenoxy) is 1. The van der Waals surface area contributed by atoms with Gasteiger partial charge < -0.3 is 4.74 Å².